The molecule has 2 aromatic rings. The van der Waals surface area contributed by atoms with Gasteiger partial charge in [-0.3, -0.25) is 0 Å². The predicted molar refractivity (Wildman–Crippen MR) is 71.5 cm³/mol. The first kappa shape index (κ1) is 13.4. The lowest BCUT2D eigenvalue weighted by Gasteiger charge is -2.32. The molecule has 1 aliphatic heterocycles. The third-order valence-corrected chi connectivity index (χ3v) is 3.92. The Morgan fingerprint density at radius 2 is 1.85 bits per heavy atom. The van der Waals surface area contributed by atoms with Gasteiger partial charge in [-0.2, -0.15) is 4.39 Å². The molecule has 3 heterocycles. The van der Waals surface area contributed by atoms with E-state index in [1.54, 1.807) is 12.1 Å². The SMILES string of the molecule is CC1(C)OB(c2cn(-c3ccco3)c(F)n2)OC1(C)C. The lowest BCUT2D eigenvalue weighted by atomic mass is 9.86. The van der Waals surface area contributed by atoms with E-state index in [-0.39, 0.29) is 0 Å². The highest BCUT2D eigenvalue weighted by atomic mass is 19.1. The van der Waals surface area contributed by atoms with Gasteiger partial charge in [-0.25, -0.2) is 9.55 Å². The molecule has 1 fully saturated rings. The molecule has 7 heteroatoms. The van der Waals surface area contributed by atoms with Crippen LogP contribution in [0.1, 0.15) is 27.7 Å². The van der Waals surface area contributed by atoms with Gasteiger partial charge >= 0.3 is 7.12 Å². The van der Waals surface area contributed by atoms with Crippen LogP contribution in [0.5, 0.6) is 0 Å². The van der Waals surface area contributed by atoms with E-state index < -0.39 is 24.4 Å². The van der Waals surface area contributed by atoms with Gasteiger partial charge in [0, 0.05) is 12.3 Å². The highest BCUT2D eigenvalue weighted by Crippen LogP contribution is 2.36. The number of aromatic nitrogens is 2. The molecule has 0 amide bonds. The van der Waals surface area contributed by atoms with Gasteiger partial charge in [-0.05, 0) is 33.8 Å². The Morgan fingerprint density at radius 3 is 2.40 bits per heavy atom. The van der Waals surface area contributed by atoms with Crippen LogP contribution in [0.2, 0.25) is 0 Å². The first-order valence-electron chi connectivity index (χ1n) is 6.44. The van der Waals surface area contributed by atoms with Gasteiger partial charge in [0.1, 0.15) is 0 Å². The monoisotopic (exact) mass is 278 g/mol. The molecular formula is C13H16BFN2O3. The fourth-order valence-electron chi connectivity index (χ4n) is 2.01. The Balaban J connectivity index is 1.92. The first-order chi connectivity index (χ1) is 9.30. The number of rotatable bonds is 2. The Kier molecular flexibility index (Phi) is 2.81. The predicted octanol–water partition coefficient (Wildman–Crippen LogP) is 1.90. The summed E-state index contributed by atoms with van der Waals surface area (Å²) in [5.74, 6) is 0.359. The smallest absolute Gasteiger partial charge is 0.448 e. The van der Waals surface area contributed by atoms with Crippen LogP contribution >= 0.6 is 0 Å². The Hall–Kier alpha value is -1.60. The van der Waals surface area contributed by atoms with Gasteiger partial charge in [0.15, 0.2) is 0 Å². The van der Waals surface area contributed by atoms with Crippen molar-refractivity contribution in [1.82, 2.24) is 9.55 Å². The lowest BCUT2D eigenvalue weighted by molar-refractivity contribution is 0.00578. The van der Waals surface area contributed by atoms with E-state index in [1.807, 2.05) is 27.7 Å². The van der Waals surface area contributed by atoms with Crippen LogP contribution in [0.4, 0.5) is 4.39 Å². The highest BCUT2D eigenvalue weighted by molar-refractivity contribution is 6.61. The lowest BCUT2D eigenvalue weighted by Crippen LogP contribution is -2.41. The highest BCUT2D eigenvalue weighted by Gasteiger charge is 2.52. The van der Waals surface area contributed by atoms with Crippen LogP contribution in [0, 0.1) is 6.08 Å². The summed E-state index contributed by atoms with van der Waals surface area (Å²) in [4.78, 5) is 3.87. The van der Waals surface area contributed by atoms with Gasteiger partial charge in [0.05, 0.1) is 23.1 Å². The van der Waals surface area contributed by atoms with Gasteiger partial charge in [0.2, 0.25) is 5.88 Å². The summed E-state index contributed by atoms with van der Waals surface area (Å²) in [6, 6.07) is 3.34. The van der Waals surface area contributed by atoms with Crippen molar-refractivity contribution in [1.29, 1.82) is 0 Å². The topological polar surface area (TPSA) is 49.4 Å². The zero-order chi connectivity index (χ0) is 14.5. The minimum Gasteiger partial charge on any atom is -0.448 e. The second-order valence-corrected chi connectivity index (χ2v) is 5.84. The standard InChI is InChI=1S/C13H16BFN2O3/c1-12(2)13(3,4)20-14(19-12)9-8-17(11(15)16-9)10-6-5-7-18-10/h5-8H,1-4H3. The average molecular weight is 278 g/mol. The molecule has 1 saturated heterocycles. The largest absolute Gasteiger partial charge is 0.516 e. The van der Waals surface area contributed by atoms with Crippen molar-refractivity contribution in [3.63, 3.8) is 0 Å². The van der Waals surface area contributed by atoms with Crippen molar-refractivity contribution in [3.05, 3.63) is 30.7 Å². The van der Waals surface area contributed by atoms with Gasteiger partial charge in [0.25, 0.3) is 6.08 Å². The van der Waals surface area contributed by atoms with Crippen molar-refractivity contribution < 1.29 is 18.1 Å². The molecule has 3 rings (SSSR count). The Morgan fingerprint density at radius 1 is 1.20 bits per heavy atom. The van der Waals surface area contributed by atoms with E-state index in [0.717, 1.165) is 0 Å². The third-order valence-electron chi connectivity index (χ3n) is 3.92. The average Bonchev–Trinajstić information content (AvgIpc) is 2.98. The molecule has 0 bridgehead atoms. The van der Waals surface area contributed by atoms with Gasteiger partial charge in [-0.1, -0.05) is 0 Å². The molecule has 0 aromatic carbocycles. The molecule has 0 atom stereocenters. The number of halogens is 1. The number of furan rings is 1. The van der Waals surface area contributed by atoms with E-state index in [4.69, 9.17) is 13.7 Å². The van der Waals surface area contributed by atoms with Crippen LogP contribution in [-0.4, -0.2) is 27.9 Å². The summed E-state index contributed by atoms with van der Waals surface area (Å²) in [5, 5.41) is 0. The fraction of sp³-hybridized carbons (Fsp3) is 0.462. The molecule has 0 saturated carbocycles. The molecule has 2 aromatic heterocycles. The Bertz CT molecular complexity index is 606. The molecule has 0 spiro atoms. The summed E-state index contributed by atoms with van der Waals surface area (Å²) in [6.45, 7) is 7.75. The van der Waals surface area contributed by atoms with Crippen molar-refractivity contribution >= 4 is 12.7 Å². The van der Waals surface area contributed by atoms with Crippen LogP contribution in [0.25, 0.3) is 5.88 Å². The van der Waals surface area contributed by atoms with E-state index in [0.29, 0.717) is 11.5 Å². The molecule has 0 aliphatic carbocycles. The van der Waals surface area contributed by atoms with Crippen molar-refractivity contribution in [2.24, 2.45) is 0 Å². The maximum Gasteiger partial charge on any atom is 0.516 e. The quantitative estimate of drug-likeness (QED) is 0.787. The molecule has 0 N–H and O–H groups in total. The molecule has 5 nitrogen and oxygen atoms in total. The number of nitrogens with zero attached hydrogens (tertiary/aromatic N) is 2. The Labute approximate surface area is 116 Å². The van der Waals surface area contributed by atoms with Crippen LogP contribution in [0.3, 0.4) is 0 Å². The molecule has 0 radical (unpaired) electrons. The molecule has 1 aliphatic rings. The first-order valence-corrected chi connectivity index (χ1v) is 6.44. The maximum absolute atomic E-state index is 13.9. The molecule has 20 heavy (non-hydrogen) atoms. The normalized spacial score (nSPS) is 20.6. The van der Waals surface area contributed by atoms with E-state index >= 15 is 0 Å². The maximum atomic E-state index is 13.9. The van der Waals surface area contributed by atoms with Crippen LogP contribution < -0.4 is 5.59 Å². The number of imidazole rings is 1. The van der Waals surface area contributed by atoms with Crippen molar-refractivity contribution in [3.8, 4) is 5.88 Å². The van der Waals surface area contributed by atoms with Gasteiger partial charge < -0.3 is 13.7 Å². The van der Waals surface area contributed by atoms with Crippen molar-refractivity contribution in [2.45, 2.75) is 38.9 Å². The zero-order valence-corrected chi connectivity index (χ0v) is 11.9. The minimum atomic E-state index is -0.689. The second kappa shape index (κ2) is 4.20. The van der Waals surface area contributed by atoms with E-state index in [9.17, 15) is 4.39 Å². The summed E-state index contributed by atoms with van der Waals surface area (Å²) >= 11 is 0. The van der Waals surface area contributed by atoms with Crippen LogP contribution in [0.15, 0.2) is 29.0 Å². The van der Waals surface area contributed by atoms with Crippen molar-refractivity contribution in [2.75, 3.05) is 0 Å². The fourth-order valence-corrected chi connectivity index (χ4v) is 2.01. The van der Waals surface area contributed by atoms with Gasteiger partial charge in [-0.15, -0.1) is 0 Å². The summed E-state index contributed by atoms with van der Waals surface area (Å²) in [6.07, 6.45) is 2.34. The van der Waals surface area contributed by atoms with E-state index in [2.05, 4.69) is 4.98 Å². The number of hydrogen-bond donors (Lipinski definition) is 0. The van der Waals surface area contributed by atoms with Crippen LogP contribution in [-0.2, 0) is 9.31 Å². The molecular weight excluding hydrogens is 262 g/mol. The zero-order valence-electron chi connectivity index (χ0n) is 11.9. The van der Waals surface area contributed by atoms with E-state index in [1.165, 1.54) is 17.0 Å². The third kappa shape index (κ3) is 1.97. The number of hydrogen-bond acceptors (Lipinski definition) is 4. The molecule has 0 unspecified atom stereocenters. The summed E-state index contributed by atoms with van der Waals surface area (Å²) < 4.78 is 32.0. The summed E-state index contributed by atoms with van der Waals surface area (Å²) in [5.41, 5.74) is -0.580. The summed E-state index contributed by atoms with van der Waals surface area (Å²) in [7, 11) is -0.689. The minimum absolute atomic E-state index is 0.359. The second-order valence-electron chi connectivity index (χ2n) is 5.84. The molecule has 106 valence electrons.